The zero-order valence-electron chi connectivity index (χ0n) is 27.2. The maximum atomic E-state index is 10.9. The van der Waals surface area contributed by atoms with Crippen LogP contribution >= 0.6 is 11.6 Å². The monoisotopic (exact) mass is 650 g/mol. The Labute approximate surface area is 273 Å². The maximum absolute atomic E-state index is 10.9. The highest BCUT2D eigenvalue weighted by molar-refractivity contribution is 6.31. The molecule has 2 aliphatic rings. The number of hydrogen-bond donors (Lipinski definition) is 2. The van der Waals surface area contributed by atoms with Crippen LogP contribution in [0.5, 0.6) is 11.5 Å². The number of unbranched alkanes of at least 4 members (excludes halogenated alkanes) is 3. The fourth-order valence-corrected chi connectivity index (χ4v) is 6.11. The molecule has 4 atom stereocenters. The van der Waals surface area contributed by atoms with Gasteiger partial charge in [-0.2, -0.15) is 0 Å². The van der Waals surface area contributed by atoms with Crippen molar-refractivity contribution in [2.24, 2.45) is 0 Å². The molecular formula is C35H51ClO9. The zero-order valence-corrected chi connectivity index (χ0v) is 28.0. The Morgan fingerprint density at radius 1 is 0.800 bits per heavy atom. The molecule has 2 N–H and O–H groups in total. The Morgan fingerprint density at radius 2 is 1.42 bits per heavy atom. The second-order valence-corrected chi connectivity index (χ2v) is 12.2. The standard InChI is InChI=1S/C35H51ClO9/c1-5-8-15-42-31-32(43-16-9-6-2)34(23-37,24-38)45-35(39-4,33(31)44-17-10-7-3)27-12-13-28(36)26(22-27)20-25-11-14-29-30(21-25)41-19-18-40-29/h11-14,21-22,31-33,37-38H,5-10,15-20,23-24H2,1-4H3/t31-,32-,33+,35?/m0/s1. The normalized spacial score (nSPS) is 24.1. The molecule has 9 nitrogen and oxygen atoms in total. The third-order valence-corrected chi connectivity index (χ3v) is 8.90. The lowest BCUT2D eigenvalue weighted by Gasteiger charge is -2.56. The van der Waals surface area contributed by atoms with Crippen molar-refractivity contribution in [3.05, 3.63) is 58.1 Å². The second kappa shape index (κ2) is 17.3. The van der Waals surface area contributed by atoms with Crippen molar-refractivity contribution in [1.29, 1.82) is 0 Å². The fourth-order valence-electron chi connectivity index (χ4n) is 5.93. The van der Waals surface area contributed by atoms with Crippen molar-refractivity contribution in [3.8, 4) is 11.5 Å². The molecule has 2 aromatic carbocycles. The first-order valence-corrected chi connectivity index (χ1v) is 16.8. The van der Waals surface area contributed by atoms with E-state index in [-0.39, 0.29) is 0 Å². The minimum Gasteiger partial charge on any atom is -0.486 e. The van der Waals surface area contributed by atoms with Crippen molar-refractivity contribution in [1.82, 2.24) is 0 Å². The van der Waals surface area contributed by atoms with Crippen LogP contribution in [0, 0.1) is 0 Å². The predicted molar refractivity (Wildman–Crippen MR) is 172 cm³/mol. The average molecular weight is 651 g/mol. The lowest BCUT2D eigenvalue weighted by atomic mass is 9.80. The highest BCUT2D eigenvalue weighted by atomic mass is 35.5. The number of aliphatic hydroxyl groups excluding tert-OH is 2. The van der Waals surface area contributed by atoms with Crippen molar-refractivity contribution in [2.45, 2.75) is 95.4 Å². The fraction of sp³-hybridized carbons (Fsp3) is 0.657. The van der Waals surface area contributed by atoms with Gasteiger partial charge in [-0.25, -0.2) is 0 Å². The summed E-state index contributed by atoms with van der Waals surface area (Å²) in [5.74, 6) is -0.136. The lowest BCUT2D eigenvalue weighted by molar-refractivity contribution is -0.414. The quantitative estimate of drug-likeness (QED) is 0.193. The summed E-state index contributed by atoms with van der Waals surface area (Å²) in [6.45, 7) is 7.58. The maximum Gasteiger partial charge on any atom is 0.225 e. The molecule has 0 saturated carbocycles. The number of ether oxygens (including phenoxy) is 7. The first-order valence-electron chi connectivity index (χ1n) is 16.4. The minimum absolute atomic E-state index is 0.419. The number of halogens is 1. The van der Waals surface area contributed by atoms with E-state index in [1.165, 1.54) is 0 Å². The van der Waals surface area contributed by atoms with Crippen LogP contribution in [0.15, 0.2) is 36.4 Å². The molecule has 2 aliphatic heterocycles. The Balaban J connectivity index is 1.80. The Morgan fingerprint density at radius 3 is 2.04 bits per heavy atom. The smallest absolute Gasteiger partial charge is 0.225 e. The van der Waals surface area contributed by atoms with E-state index in [9.17, 15) is 10.2 Å². The van der Waals surface area contributed by atoms with Crippen molar-refractivity contribution in [2.75, 3.05) is 53.4 Å². The molecule has 1 fully saturated rings. The molecule has 2 heterocycles. The topological polar surface area (TPSA) is 105 Å². The number of aliphatic hydroxyl groups is 2. The van der Waals surface area contributed by atoms with E-state index in [1.54, 1.807) is 7.11 Å². The summed E-state index contributed by atoms with van der Waals surface area (Å²) in [6, 6.07) is 11.5. The van der Waals surface area contributed by atoms with E-state index in [1.807, 2.05) is 36.4 Å². The van der Waals surface area contributed by atoms with Gasteiger partial charge in [0.15, 0.2) is 11.5 Å². The van der Waals surface area contributed by atoms with Crippen LogP contribution in [-0.4, -0.2) is 87.5 Å². The Bertz CT molecular complexity index is 1190. The second-order valence-electron chi connectivity index (χ2n) is 11.8. The molecule has 252 valence electrons. The largest absolute Gasteiger partial charge is 0.486 e. The van der Waals surface area contributed by atoms with E-state index < -0.39 is 42.9 Å². The third-order valence-electron chi connectivity index (χ3n) is 8.53. The molecule has 0 aliphatic carbocycles. The van der Waals surface area contributed by atoms with Gasteiger partial charge in [-0.1, -0.05) is 63.8 Å². The highest BCUT2D eigenvalue weighted by Crippen LogP contribution is 2.48. The number of benzene rings is 2. The SMILES string of the molecule is CCCCO[C@@H]1[C@@H](OCCCC)C(OC)(c2ccc(Cl)c(Cc3ccc4c(c3)OCCO4)c2)OC(CO)(CO)[C@H]1OCCCC. The van der Waals surface area contributed by atoms with Crippen LogP contribution in [0.4, 0.5) is 0 Å². The van der Waals surface area contributed by atoms with Gasteiger partial charge in [0.25, 0.3) is 0 Å². The molecular weight excluding hydrogens is 600 g/mol. The van der Waals surface area contributed by atoms with Crippen LogP contribution in [0.2, 0.25) is 5.02 Å². The van der Waals surface area contributed by atoms with Gasteiger partial charge in [-0.3, -0.25) is 0 Å². The van der Waals surface area contributed by atoms with Crippen LogP contribution in [0.25, 0.3) is 0 Å². The van der Waals surface area contributed by atoms with Crippen LogP contribution in [0.1, 0.15) is 76.0 Å². The first kappa shape index (κ1) is 35.9. The number of rotatable bonds is 18. The molecule has 10 heteroatoms. The number of hydrogen-bond acceptors (Lipinski definition) is 9. The summed E-state index contributed by atoms with van der Waals surface area (Å²) >= 11 is 6.78. The van der Waals surface area contributed by atoms with Gasteiger partial charge in [-0.05, 0) is 61.1 Å². The summed E-state index contributed by atoms with van der Waals surface area (Å²) in [5.41, 5.74) is 0.920. The van der Waals surface area contributed by atoms with E-state index in [2.05, 4.69) is 20.8 Å². The summed E-state index contributed by atoms with van der Waals surface area (Å²) in [5, 5.41) is 22.3. The molecule has 0 radical (unpaired) electrons. The first-order chi connectivity index (χ1) is 21.9. The molecule has 0 amide bonds. The average Bonchev–Trinajstić information content (AvgIpc) is 3.07. The zero-order chi connectivity index (χ0) is 32.3. The van der Waals surface area contributed by atoms with Crippen LogP contribution < -0.4 is 9.47 Å². The van der Waals surface area contributed by atoms with Crippen molar-refractivity contribution >= 4 is 11.6 Å². The Kier molecular flexibility index (Phi) is 13.8. The van der Waals surface area contributed by atoms with Gasteiger partial charge in [0.1, 0.15) is 37.1 Å². The van der Waals surface area contributed by atoms with Gasteiger partial charge in [0.2, 0.25) is 5.79 Å². The van der Waals surface area contributed by atoms with Crippen molar-refractivity contribution in [3.63, 3.8) is 0 Å². The third kappa shape index (κ3) is 8.14. The number of fused-ring (bicyclic) bond motifs is 1. The van der Waals surface area contributed by atoms with Gasteiger partial charge < -0.3 is 43.4 Å². The summed E-state index contributed by atoms with van der Waals surface area (Å²) in [7, 11) is 1.55. The van der Waals surface area contributed by atoms with Crippen LogP contribution in [0.3, 0.4) is 0 Å². The Hall–Kier alpha value is -1.95. The summed E-state index contributed by atoms with van der Waals surface area (Å²) in [6.07, 6.45) is 3.45. The van der Waals surface area contributed by atoms with Crippen LogP contribution in [-0.2, 0) is 35.9 Å². The van der Waals surface area contributed by atoms with E-state index >= 15 is 0 Å². The molecule has 2 aromatic rings. The predicted octanol–water partition coefficient (Wildman–Crippen LogP) is 5.81. The summed E-state index contributed by atoms with van der Waals surface area (Å²) < 4.78 is 44.2. The minimum atomic E-state index is -1.56. The molecule has 1 unspecified atom stereocenters. The highest BCUT2D eigenvalue weighted by Gasteiger charge is 2.64. The van der Waals surface area contributed by atoms with Gasteiger partial charge in [0.05, 0.1) is 13.2 Å². The summed E-state index contributed by atoms with van der Waals surface area (Å²) in [4.78, 5) is 0. The molecule has 4 rings (SSSR count). The van der Waals surface area contributed by atoms with E-state index in [0.29, 0.717) is 55.8 Å². The lowest BCUT2D eigenvalue weighted by Crippen LogP contribution is -2.73. The number of methoxy groups -OCH3 is 1. The molecule has 45 heavy (non-hydrogen) atoms. The molecule has 0 bridgehead atoms. The van der Waals surface area contributed by atoms with Gasteiger partial charge >= 0.3 is 0 Å². The van der Waals surface area contributed by atoms with Gasteiger partial charge in [0, 0.05) is 37.5 Å². The molecule has 0 aromatic heterocycles. The van der Waals surface area contributed by atoms with Crippen molar-refractivity contribution < 1.29 is 43.4 Å². The molecule has 1 saturated heterocycles. The molecule has 0 spiro atoms. The van der Waals surface area contributed by atoms with Gasteiger partial charge in [-0.15, -0.1) is 0 Å². The van der Waals surface area contributed by atoms with E-state index in [4.69, 9.17) is 44.8 Å². The van der Waals surface area contributed by atoms with E-state index in [0.717, 1.165) is 55.4 Å².